The average molecular weight is 325 g/mol. The van der Waals surface area contributed by atoms with Crippen molar-refractivity contribution >= 4 is 0 Å². The molecule has 2 unspecified atom stereocenters. The van der Waals surface area contributed by atoms with Gasteiger partial charge < -0.3 is 15.3 Å². The number of allylic oxidation sites excluding steroid dienone is 3. The summed E-state index contributed by atoms with van der Waals surface area (Å²) >= 11 is 0. The first-order chi connectivity index (χ1) is 10.7. The molecule has 0 radical (unpaired) electrons. The molecule has 0 aliphatic rings. The molecule has 0 saturated heterocycles. The molecule has 0 spiro atoms. The summed E-state index contributed by atoms with van der Waals surface area (Å²) in [5, 5.41) is 29.3. The van der Waals surface area contributed by atoms with Gasteiger partial charge in [-0.25, -0.2) is 0 Å². The zero-order chi connectivity index (χ0) is 17.9. The fraction of sp³-hybridized carbons (Fsp3) is 0.700. The van der Waals surface area contributed by atoms with Crippen molar-refractivity contribution in [3.05, 3.63) is 34.9 Å². The summed E-state index contributed by atoms with van der Waals surface area (Å²) in [5.74, 6) is 0. The van der Waals surface area contributed by atoms with Crippen molar-refractivity contribution in [2.24, 2.45) is 0 Å². The summed E-state index contributed by atoms with van der Waals surface area (Å²) in [4.78, 5) is 0. The Morgan fingerprint density at radius 2 is 1.70 bits per heavy atom. The van der Waals surface area contributed by atoms with Crippen molar-refractivity contribution in [2.45, 2.75) is 84.8 Å². The molecule has 134 valence electrons. The molecule has 3 N–H and O–H groups in total. The van der Waals surface area contributed by atoms with E-state index in [2.05, 4.69) is 0 Å². The molecule has 0 rings (SSSR count). The minimum atomic E-state index is -0.679. The molecule has 0 fully saturated rings. The molecule has 0 aromatic heterocycles. The lowest BCUT2D eigenvalue weighted by molar-refractivity contribution is 0.0409. The maximum atomic E-state index is 10.4. The summed E-state index contributed by atoms with van der Waals surface area (Å²) in [6.07, 6.45) is 10.2. The van der Waals surface area contributed by atoms with Gasteiger partial charge in [0, 0.05) is 0 Å². The zero-order valence-corrected chi connectivity index (χ0v) is 15.6. The van der Waals surface area contributed by atoms with Gasteiger partial charge >= 0.3 is 0 Å². The van der Waals surface area contributed by atoms with E-state index in [0.717, 1.165) is 31.3 Å². The molecule has 0 amide bonds. The zero-order valence-electron chi connectivity index (χ0n) is 15.6. The quantitative estimate of drug-likeness (QED) is 0.497. The average Bonchev–Trinajstić information content (AvgIpc) is 2.44. The summed E-state index contributed by atoms with van der Waals surface area (Å²) in [5.41, 5.74) is 2.67. The molecule has 0 bridgehead atoms. The Bertz CT molecular complexity index is 413. The normalized spacial score (nSPS) is 16.9. The third-order valence-electron chi connectivity index (χ3n) is 4.15. The van der Waals surface area contributed by atoms with E-state index in [1.807, 2.05) is 52.8 Å². The Balaban J connectivity index is 4.19. The number of aliphatic hydroxyl groups excluding tert-OH is 2. The summed E-state index contributed by atoms with van der Waals surface area (Å²) < 4.78 is 0. The van der Waals surface area contributed by atoms with Gasteiger partial charge in [0.2, 0.25) is 0 Å². The van der Waals surface area contributed by atoms with Gasteiger partial charge in [0.1, 0.15) is 0 Å². The van der Waals surface area contributed by atoms with E-state index in [1.165, 1.54) is 11.1 Å². The first-order valence-corrected chi connectivity index (χ1v) is 8.65. The van der Waals surface area contributed by atoms with Gasteiger partial charge in [-0.1, -0.05) is 29.4 Å². The van der Waals surface area contributed by atoms with E-state index >= 15 is 0 Å². The standard InChI is InChI=1S/C20H36O3/c1-16(2)10-11-19(22)18(4)9-7-14-20(5,23)13-6-8-17(3)12-15-21/h9-10,12,19,21-23H,6-8,11,13-15H2,1-5H3/b17-12+,18-9+. The predicted molar refractivity (Wildman–Crippen MR) is 98.4 cm³/mol. The second-order valence-corrected chi connectivity index (χ2v) is 7.10. The summed E-state index contributed by atoms with van der Waals surface area (Å²) in [6.45, 7) is 9.97. The molecule has 0 heterocycles. The molecule has 0 aromatic carbocycles. The van der Waals surface area contributed by atoms with Gasteiger partial charge in [-0.15, -0.1) is 0 Å². The van der Waals surface area contributed by atoms with Crippen LogP contribution in [0.4, 0.5) is 0 Å². The van der Waals surface area contributed by atoms with Crippen LogP contribution in [0.5, 0.6) is 0 Å². The molecule has 3 nitrogen and oxygen atoms in total. The van der Waals surface area contributed by atoms with Crippen LogP contribution >= 0.6 is 0 Å². The van der Waals surface area contributed by atoms with Crippen molar-refractivity contribution in [3.63, 3.8) is 0 Å². The van der Waals surface area contributed by atoms with Crippen molar-refractivity contribution < 1.29 is 15.3 Å². The van der Waals surface area contributed by atoms with Gasteiger partial charge in [0.05, 0.1) is 18.3 Å². The lowest BCUT2D eigenvalue weighted by atomic mass is 9.92. The number of hydrogen-bond donors (Lipinski definition) is 3. The van der Waals surface area contributed by atoms with Crippen molar-refractivity contribution in [3.8, 4) is 0 Å². The van der Waals surface area contributed by atoms with Crippen LogP contribution in [0.3, 0.4) is 0 Å². The minimum Gasteiger partial charge on any atom is -0.392 e. The molecule has 3 heteroatoms. The fourth-order valence-electron chi connectivity index (χ4n) is 2.41. The van der Waals surface area contributed by atoms with Crippen LogP contribution in [0.15, 0.2) is 34.9 Å². The van der Waals surface area contributed by atoms with Crippen LogP contribution in [0.25, 0.3) is 0 Å². The van der Waals surface area contributed by atoms with Crippen LogP contribution in [0.1, 0.15) is 73.1 Å². The second-order valence-electron chi connectivity index (χ2n) is 7.10. The van der Waals surface area contributed by atoms with Crippen LogP contribution in [0, 0.1) is 0 Å². The van der Waals surface area contributed by atoms with E-state index in [9.17, 15) is 10.2 Å². The monoisotopic (exact) mass is 324 g/mol. The Labute approximate surface area is 142 Å². The highest BCUT2D eigenvalue weighted by molar-refractivity contribution is 5.08. The highest BCUT2D eigenvalue weighted by atomic mass is 16.3. The first-order valence-electron chi connectivity index (χ1n) is 8.65. The van der Waals surface area contributed by atoms with Gasteiger partial charge in [-0.2, -0.15) is 0 Å². The van der Waals surface area contributed by atoms with Gasteiger partial charge in [-0.3, -0.25) is 0 Å². The Hall–Kier alpha value is -0.900. The third kappa shape index (κ3) is 12.2. The van der Waals surface area contributed by atoms with Crippen molar-refractivity contribution in [2.75, 3.05) is 6.61 Å². The smallest absolute Gasteiger partial charge is 0.0781 e. The molecule has 0 aliphatic heterocycles. The molecule has 2 atom stereocenters. The van der Waals surface area contributed by atoms with E-state index in [-0.39, 0.29) is 6.61 Å². The summed E-state index contributed by atoms with van der Waals surface area (Å²) in [7, 11) is 0. The predicted octanol–water partition coefficient (Wildman–Crippen LogP) is 4.29. The largest absolute Gasteiger partial charge is 0.392 e. The SMILES string of the molecule is CC(C)=CCC(O)/C(C)=C/CCC(C)(O)CCC/C(C)=C/CO. The first kappa shape index (κ1) is 22.1. The third-order valence-corrected chi connectivity index (χ3v) is 4.15. The molecule has 0 aliphatic carbocycles. The number of hydrogen-bond acceptors (Lipinski definition) is 3. The number of rotatable bonds is 11. The van der Waals surface area contributed by atoms with Gasteiger partial charge in [0.25, 0.3) is 0 Å². The topological polar surface area (TPSA) is 60.7 Å². The Morgan fingerprint density at radius 3 is 2.26 bits per heavy atom. The minimum absolute atomic E-state index is 0.0847. The van der Waals surface area contributed by atoms with Crippen LogP contribution in [-0.2, 0) is 0 Å². The maximum Gasteiger partial charge on any atom is 0.0781 e. The second kappa shape index (κ2) is 11.6. The van der Waals surface area contributed by atoms with E-state index < -0.39 is 11.7 Å². The van der Waals surface area contributed by atoms with Crippen LogP contribution in [0.2, 0.25) is 0 Å². The number of aliphatic hydroxyl groups is 3. The Kier molecular flexibility index (Phi) is 11.2. The molecule has 0 aromatic rings. The lowest BCUT2D eigenvalue weighted by Gasteiger charge is -2.23. The highest BCUT2D eigenvalue weighted by Gasteiger charge is 2.18. The molecule has 0 saturated carbocycles. The fourth-order valence-corrected chi connectivity index (χ4v) is 2.41. The molecular formula is C20H36O3. The van der Waals surface area contributed by atoms with Crippen LogP contribution < -0.4 is 0 Å². The van der Waals surface area contributed by atoms with Gasteiger partial charge in [0.15, 0.2) is 0 Å². The van der Waals surface area contributed by atoms with Gasteiger partial charge in [-0.05, 0) is 78.7 Å². The van der Waals surface area contributed by atoms with E-state index in [4.69, 9.17) is 5.11 Å². The van der Waals surface area contributed by atoms with E-state index in [1.54, 1.807) is 0 Å². The van der Waals surface area contributed by atoms with Crippen LogP contribution in [-0.4, -0.2) is 33.6 Å². The Morgan fingerprint density at radius 1 is 1.04 bits per heavy atom. The molecular weight excluding hydrogens is 288 g/mol. The maximum absolute atomic E-state index is 10.4. The van der Waals surface area contributed by atoms with Crippen molar-refractivity contribution in [1.29, 1.82) is 0 Å². The molecule has 23 heavy (non-hydrogen) atoms. The van der Waals surface area contributed by atoms with Crippen molar-refractivity contribution in [1.82, 2.24) is 0 Å². The van der Waals surface area contributed by atoms with E-state index in [0.29, 0.717) is 12.8 Å². The summed E-state index contributed by atoms with van der Waals surface area (Å²) in [6, 6.07) is 0. The highest BCUT2D eigenvalue weighted by Crippen LogP contribution is 2.22. The lowest BCUT2D eigenvalue weighted by Crippen LogP contribution is -2.23.